The number of carboxylic acids is 1. The van der Waals surface area contributed by atoms with Crippen LogP contribution in [0.1, 0.15) is 78.1 Å². The fourth-order valence-electron chi connectivity index (χ4n) is 1.97. The molecule has 0 rings (SSSR count). The van der Waals surface area contributed by atoms with Crippen LogP contribution in [0.5, 0.6) is 0 Å². The standard InChI is InChI=1S/C15H29NO3.K.H/c1-3-4-5-6-7-8-9-10-11-12-14(17)16-13(2)15(18)19;;/h13H,3-12H2,1-2H3,(H,16,17)(H,18,19);;. The van der Waals surface area contributed by atoms with E-state index in [-0.39, 0.29) is 57.3 Å². The Morgan fingerprint density at radius 3 is 1.85 bits per heavy atom. The molecule has 0 aliphatic carbocycles. The molecule has 0 aliphatic heterocycles. The van der Waals surface area contributed by atoms with Gasteiger partial charge < -0.3 is 10.4 Å². The average molecular weight is 312 g/mol. The monoisotopic (exact) mass is 311 g/mol. The molecular formula is C15H30KNO3. The first-order valence-corrected chi connectivity index (χ1v) is 7.60. The summed E-state index contributed by atoms with van der Waals surface area (Å²) in [5.74, 6) is -1.14. The van der Waals surface area contributed by atoms with Crippen molar-refractivity contribution in [1.29, 1.82) is 0 Å². The van der Waals surface area contributed by atoms with Gasteiger partial charge in [0.15, 0.2) is 0 Å². The zero-order valence-corrected chi connectivity index (χ0v) is 12.4. The van der Waals surface area contributed by atoms with Crippen molar-refractivity contribution in [2.24, 2.45) is 0 Å². The predicted molar refractivity (Wildman–Crippen MR) is 84.2 cm³/mol. The van der Waals surface area contributed by atoms with E-state index in [1.165, 1.54) is 51.9 Å². The van der Waals surface area contributed by atoms with Gasteiger partial charge in [-0.2, -0.15) is 0 Å². The van der Waals surface area contributed by atoms with Gasteiger partial charge in [0.1, 0.15) is 6.04 Å². The van der Waals surface area contributed by atoms with Crippen LogP contribution in [-0.4, -0.2) is 74.4 Å². The Balaban J connectivity index is 0. The van der Waals surface area contributed by atoms with Gasteiger partial charge in [0.2, 0.25) is 5.91 Å². The number of rotatable bonds is 12. The topological polar surface area (TPSA) is 66.4 Å². The molecule has 0 radical (unpaired) electrons. The summed E-state index contributed by atoms with van der Waals surface area (Å²) < 4.78 is 0. The van der Waals surface area contributed by atoms with Crippen LogP contribution < -0.4 is 5.32 Å². The van der Waals surface area contributed by atoms with Crippen molar-refractivity contribution in [3.8, 4) is 0 Å². The van der Waals surface area contributed by atoms with Crippen LogP contribution in [0.3, 0.4) is 0 Å². The molecule has 2 N–H and O–H groups in total. The van der Waals surface area contributed by atoms with Crippen molar-refractivity contribution < 1.29 is 14.7 Å². The quantitative estimate of drug-likeness (QED) is 0.430. The molecule has 5 heteroatoms. The summed E-state index contributed by atoms with van der Waals surface area (Å²) in [4.78, 5) is 21.9. The molecule has 0 aromatic heterocycles. The third kappa shape index (κ3) is 15.0. The molecule has 114 valence electrons. The Hall–Kier alpha value is 0.576. The molecule has 0 saturated heterocycles. The summed E-state index contributed by atoms with van der Waals surface area (Å²) in [7, 11) is 0. The summed E-state index contributed by atoms with van der Waals surface area (Å²) in [6.07, 6.45) is 11.3. The van der Waals surface area contributed by atoms with Crippen LogP contribution in [0, 0.1) is 0 Å². The van der Waals surface area contributed by atoms with Crippen LogP contribution in [0.4, 0.5) is 0 Å². The summed E-state index contributed by atoms with van der Waals surface area (Å²) in [6, 6.07) is -0.786. The molecule has 0 bridgehead atoms. The second-order valence-corrected chi connectivity index (χ2v) is 5.21. The number of hydrogen-bond donors (Lipinski definition) is 2. The van der Waals surface area contributed by atoms with E-state index in [0.29, 0.717) is 6.42 Å². The van der Waals surface area contributed by atoms with E-state index in [1.807, 2.05) is 0 Å². The van der Waals surface area contributed by atoms with Crippen LogP contribution in [0.15, 0.2) is 0 Å². The second-order valence-electron chi connectivity index (χ2n) is 5.21. The number of carbonyl (C=O) groups is 2. The molecular weight excluding hydrogens is 281 g/mol. The Morgan fingerprint density at radius 1 is 0.950 bits per heavy atom. The van der Waals surface area contributed by atoms with Gasteiger partial charge in [0.25, 0.3) is 0 Å². The molecule has 0 aromatic rings. The van der Waals surface area contributed by atoms with Crippen LogP contribution >= 0.6 is 0 Å². The van der Waals surface area contributed by atoms with Crippen LogP contribution in [-0.2, 0) is 9.59 Å². The SMILES string of the molecule is CCCCCCCCCCCC(=O)NC(C)C(=O)O.[KH]. The van der Waals surface area contributed by atoms with Gasteiger partial charge >= 0.3 is 57.4 Å². The van der Waals surface area contributed by atoms with Gasteiger partial charge in [-0.1, -0.05) is 58.3 Å². The summed E-state index contributed by atoms with van der Waals surface area (Å²) in [5, 5.41) is 11.1. The first-order valence-electron chi connectivity index (χ1n) is 7.60. The molecule has 0 aromatic carbocycles. The summed E-state index contributed by atoms with van der Waals surface area (Å²) in [6.45, 7) is 3.70. The molecule has 0 saturated carbocycles. The molecule has 4 nitrogen and oxygen atoms in total. The minimum atomic E-state index is -0.986. The van der Waals surface area contributed by atoms with Crippen molar-refractivity contribution in [2.45, 2.75) is 84.1 Å². The summed E-state index contributed by atoms with van der Waals surface area (Å²) in [5.41, 5.74) is 0. The van der Waals surface area contributed by atoms with Gasteiger partial charge in [0.05, 0.1) is 0 Å². The zero-order valence-electron chi connectivity index (χ0n) is 12.4. The molecule has 1 amide bonds. The first kappa shape index (κ1) is 22.9. The van der Waals surface area contributed by atoms with E-state index < -0.39 is 12.0 Å². The van der Waals surface area contributed by atoms with E-state index in [9.17, 15) is 9.59 Å². The van der Waals surface area contributed by atoms with E-state index >= 15 is 0 Å². The third-order valence-corrected chi connectivity index (χ3v) is 3.26. The Bertz CT molecular complexity index is 260. The minimum absolute atomic E-state index is 0. The van der Waals surface area contributed by atoms with E-state index in [0.717, 1.165) is 12.8 Å². The van der Waals surface area contributed by atoms with Crippen molar-refractivity contribution >= 4 is 63.3 Å². The van der Waals surface area contributed by atoms with Gasteiger partial charge in [-0.15, -0.1) is 0 Å². The maximum absolute atomic E-state index is 11.4. The molecule has 0 heterocycles. The molecule has 0 spiro atoms. The van der Waals surface area contributed by atoms with Gasteiger partial charge in [-0.25, -0.2) is 0 Å². The molecule has 0 aliphatic rings. The number of amides is 1. The number of nitrogens with one attached hydrogen (secondary N) is 1. The van der Waals surface area contributed by atoms with E-state index in [4.69, 9.17) is 5.11 Å². The van der Waals surface area contributed by atoms with Gasteiger partial charge in [0, 0.05) is 6.42 Å². The number of hydrogen-bond acceptors (Lipinski definition) is 2. The van der Waals surface area contributed by atoms with Crippen molar-refractivity contribution in [1.82, 2.24) is 5.32 Å². The van der Waals surface area contributed by atoms with Crippen molar-refractivity contribution in [2.75, 3.05) is 0 Å². The van der Waals surface area contributed by atoms with Crippen molar-refractivity contribution in [3.05, 3.63) is 0 Å². The van der Waals surface area contributed by atoms with Gasteiger partial charge in [-0.05, 0) is 13.3 Å². The Kier molecular flexibility index (Phi) is 18.2. The molecule has 20 heavy (non-hydrogen) atoms. The van der Waals surface area contributed by atoms with Crippen LogP contribution in [0.2, 0.25) is 0 Å². The molecule has 0 fully saturated rings. The predicted octanol–water partition coefficient (Wildman–Crippen LogP) is 2.85. The first-order chi connectivity index (χ1) is 9.07. The van der Waals surface area contributed by atoms with Gasteiger partial charge in [-0.3, -0.25) is 9.59 Å². The number of aliphatic carboxylic acids is 1. The number of carboxylic acid groups (broad SMARTS) is 1. The zero-order chi connectivity index (χ0) is 14.5. The third-order valence-electron chi connectivity index (χ3n) is 3.26. The molecule has 1 unspecified atom stereocenters. The second kappa shape index (κ2) is 16.0. The Morgan fingerprint density at radius 2 is 1.40 bits per heavy atom. The number of carbonyl (C=O) groups excluding carboxylic acids is 1. The van der Waals surface area contributed by atoms with Crippen molar-refractivity contribution in [3.63, 3.8) is 0 Å². The fraction of sp³-hybridized carbons (Fsp3) is 0.867. The molecule has 1 atom stereocenters. The maximum atomic E-state index is 11.4. The summed E-state index contributed by atoms with van der Waals surface area (Å²) >= 11 is 0. The average Bonchev–Trinajstić information content (AvgIpc) is 2.36. The van der Waals surface area contributed by atoms with Crippen LogP contribution in [0.25, 0.3) is 0 Å². The normalized spacial score (nSPS) is 11.5. The van der Waals surface area contributed by atoms with E-state index in [2.05, 4.69) is 12.2 Å². The Labute approximate surface area is 165 Å². The van der Waals surface area contributed by atoms with E-state index in [1.54, 1.807) is 0 Å². The fourth-order valence-corrected chi connectivity index (χ4v) is 1.97. The number of unbranched alkanes of at least 4 members (excludes halogenated alkanes) is 8.